The molecule has 0 fully saturated rings. The standard InChI is InChI=1S/C11H14BrN5/c1-7-11(12)10(17(2)16-7)5-9(13)8-3-4-14-15-6-8/h3-4,6,9H,5,13H2,1-2H3. The molecule has 2 aromatic heterocycles. The minimum atomic E-state index is -0.100. The fraction of sp³-hybridized carbons (Fsp3) is 0.364. The first-order chi connectivity index (χ1) is 8.09. The monoisotopic (exact) mass is 295 g/mol. The molecule has 2 rings (SSSR count). The Morgan fingerprint density at radius 3 is 2.76 bits per heavy atom. The summed E-state index contributed by atoms with van der Waals surface area (Å²) in [5.41, 5.74) is 9.19. The molecule has 0 aliphatic rings. The van der Waals surface area contributed by atoms with E-state index >= 15 is 0 Å². The Morgan fingerprint density at radius 2 is 2.24 bits per heavy atom. The van der Waals surface area contributed by atoms with Gasteiger partial charge in [0.2, 0.25) is 0 Å². The van der Waals surface area contributed by atoms with E-state index in [0.29, 0.717) is 6.42 Å². The predicted octanol–water partition coefficient (Wildman–Crippen LogP) is 1.52. The third-order valence-corrected chi connectivity index (χ3v) is 3.74. The van der Waals surface area contributed by atoms with Crippen LogP contribution in [0.5, 0.6) is 0 Å². The van der Waals surface area contributed by atoms with Crippen molar-refractivity contribution in [3.8, 4) is 0 Å². The van der Waals surface area contributed by atoms with Gasteiger partial charge in [-0.2, -0.15) is 15.3 Å². The normalized spacial score (nSPS) is 12.7. The van der Waals surface area contributed by atoms with Gasteiger partial charge in [0.1, 0.15) is 0 Å². The third-order valence-electron chi connectivity index (χ3n) is 2.71. The van der Waals surface area contributed by atoms with Crippen molar-refractivity contribution in [1.82, 2.24) is 20.0 Å². The van der Waals surface area contributed by atoms with Crippen LogP contribution in [0.15, 0.2) is 22.9 Å². The molecule has 2 N–H and O–H groups in total. The second kappa shape index (κ2) is 4.93. The summed E-state index contributed by atoms with van der Waals surface area (Å²) in [6.45, 7) is 1.97. The summed E-state index contributed by atoms with van der Waals surface area (Å²) in [6, 6.07) is 1.78. The zero-order valence-electron chi connectivity index (χ0n) is 9.76. The first-order valence-electron chi connectivity index (χ1n) is 5.29. The Balaban J connectivity index is 2.22. The number of halogens is 1. The molecule has 2 heterocycles. The minimum absolute atomic E-state index is 0.100. The van der Waals surface area contributed by atoms with E-state index in [1.165, 1.54) is 0 Å². The van der Waals surface area contributed by atoms with E-state index in [2.05, 4.69) is 31.2 Å². The topological polar surface area (TPSA) is 69.6 Å². The van der Waals surface area contributed by atoms with E-state index in [9.17, 15) is 0 Å². The number of hydrogen-bond donors (Lipinski definition) is 1. The van der Waals surface area contributed by atoms with Crippen molar-refractivity contribution in [2.24, 2.45) is 12.8 Å². The predicted molar refractivity (Wildman–Crippen MR) is 68.3 cm³/mol. The smallest absolute Gasteiger partial charge is 0.0738 e. The van der Waals surface area contributed by atoms with Crippen LogP contribution in [-0.4, -0.2) is 20.0 Å². The van der Waals surface area contributed by atoms with Gasteiger partial charge in [-0.1, -0.05) is 0 Å². The molecule has 2 aromatic rings. The number of rotatable bonds is 3. The van der Waals surface area contributed by atoms with Gasteiger partial charge < -0.3 is 5.73 Å². The van der Waals surface area contributed by atoms with Crippen LogP contribution in [0.25, 0.3) is 0 Å². The number of aryl methyl sites for hydroxylation is 2. The minimum Gasteiger partial charge on any atom is -0.324 e. The quantitative estimate of drug-likeness (QED) is 0.932. The Bertz CT molecular complexity index is 508. The average Bonchev–Trinajstić information content (AvgIpc) is 2.57. The second-order valence-corrected chi connectivity index (χ2v) is 4.75. The van der Waals surface area contributed by atoms with E-state index in [1.807, 2.05) is 24.7 Å². The maximum atomic E-state index is 6.14. The van der Waals surface area contributed by atoms with Crippen LogP contribution >= 0.6 is 15.9 Å². The molecule has 0 spiro atoms. The fourth-order valence-electron chi connectivity index (χ4n) is 1.75. The molecule has 0 aromatic carbocycles. The van der Waals surface area contributed by atoms with Crippen molar-refractivity contribution >= 4 is 15.9 Å². The van der Waals surface area contributed by atoms with Gasteiger partial charge in [-0.25, -0.2) is 0 Å². The summed E-state index contributed by atoms with van der Waals surface area (Å²) in [6.07, 6.45) is 4.06. The molecule has 6 heteroatoms. The summed E-state index contributed by atoms with van der Waals surface area (Å²) in [5, 5.41) is 11.9. The van der Waals surface area contributed by atoms with Crippen LogP contribution in [0.4, 0.5) is 0 Å². The van der Waals surface area contributed by atoms with E-state index in [-0.39, 0.29) is 6.04 Å². The highest BCUT2D eigenvalue weighted by Gasteiger charge is 2.15. The van der Waals surface area contributed by atoms with Crippen molar-refractivity contribution < 1.29 is 0 Å². The molecule has 0 aliphatic heterocycles. The zero-order chi connectivity index (χ0) is 12.4. The summed E-state index contributed by atoms with van der Waals surface area (Å²) in [5.74, 6) is 0. The first-order valence-corrected chi connectivity index (χ1v) is 6.09. The lowest BCUT2D eigenvalue weighted by Crippen LogP contribution is -2.16. The van der Waals surface area contributed by atoms with E-state index in [0.717, 1.165) is 21.4 Å². The lowest BCUT2D eigenvalue weighted by Gasteiger charge is -2.11. The number of aromatic nitrogens is 4. The van der Waals surface area contributed by atoms with Crippen molar-refractivity contribution in [1.29, 1.82) is 0 Å². The van der Waals surface area contributed by atoms with Crippen molar-refractivity contribution in [2.45, 2.75) is 19.4 Å². The van der Waals surface area contributed by atoms with Gasteiger partial charge >= 0.3 is 0 Å². The molecule has 0 saturated heterocycles. The van der Waals surface area contributed by atoms with Gasteiger partial charge in [-0.05, 0) is 34.5 Å². The van der Waals surface area contributed by atoms with Gasteiger partial charge in [0, 0.05) is 25.7 Å². The van der Waals surface area contributed by atoms with Gasteiger partial charge in [0.15, 0.2) is 0 Å². The van der Waals surface area contributed by atoms with Gasteiger partial charge in [-0.3, -0.25) is 4.68 Å². The number of nitrogens with zero attached hydrogens (tertiary/aromatic N) is 4. The van der Waals surface area contributed by atoms with Gasteiger partial charge in [0.05, 0.1) is 22.1 Å². The molecule has 0 aliphatic carbocycles. The van der Waals surface area contributed by atoms with Gasteiger partial charge in [-0.15, -0.1) is 0 Å². The molecule has 17 heavy (non-hydrogen) atoms. The number of hydrogen-bond acceptors (Lipinski definition) is 4. The highest BCUT2D eigenvalue weighted by molar-refractivity contribution is 9.10. The Labute approximate surface area is 108 Å². The summed E-state index contributed by atoms with van der Waals surface area (Å²) in [4.78, 5) is 0. The lowest BCUT2D eigenvalue weighted by molar-refractivity contribution is 0.635. The van der Waals surface area contributed by atoms with E-state index in [4.69, 9.17) is 5.73 Å². The zero-order valence-corrected chi connectivity index (χ0v) is 11.3. The third kappa shape index (κ3) is 2.53. The highest BCUT2D eigenvalue weighted by atomic mass is 79.9. The van der Waals surface area contributed by atoms with Crippen LogP contribution in [0.2, 0.25) is 0 Å². The van der Waals surface area contributed by atoms with Crippen LogP contribution in [0.1, 0.15) is 23.0 Å². The van der Waals surface area contributed by atoms with Crippen molar-refractivity contribution in [2.75, 3.05) is 0 Å². The summed E-state index contributed by atoms with van der Waals surface area (Å²) < 4.78 is 2.88. The molecule has 0 radical (unpaired) electrons. The second-order valence-electron chi connectivity index (χ2n) is 3.96. The van der Waals surface area contributed by atoms with Gasteiger partial charge in [0.25, 0.3) is 0 Å². The molecule has 0 saturated carbocycles. The number of nitrogens with two attached hydrogens (primary N) is 1. The molecule has 1 atom stereocenters. The van der Waals surface area contributed by atoms with Crippen molar-refractivity contribution in [3.05, 3.63) is 39.9 Å². The highest BCUT2D eigenvalue weighted by Crippen LogP contribution is 2.24. The fourth-order valence-corrected chi connectivity index (χ4v) is 2.25. The van der Waals surface area contributed by atoms with E-state index in [1.54, 1.807) is 12.4 Å². The molecule has 0 amide bonds. The SMILES string of the molecule is Cc1nn(C)c(CC(N)c2ccnnc2)c1Br. The molecular formula is C11H14BrN5. The first kappa shape index (κ1) is 12.2. The largest absolute Gasteiger partial charge is 0.324 e. The summed E-state index contributed by atoms with van der Waals surface area (Å²) >= 11 is 3.54. The van der Waals surface area contributed by atoms with Crippen LogP contribution < -0.4 is 5.73 Å². The van der Waals surface area contributed by atoms with E-state index < -0.39 is 0 Å². The van der Waals surface area contributed by atoms with Crippen molar-refractivity contribution in [3.63, 3.8) is 0 Å². The molecular weight excluding hydrogens is 282 g/mol. The maximum absolute atomic E-state index is 6.14. The maximum Gasteiger partial charge on any atom is 0.0738 e. The van der Waals surface area contributed by atoms with Crippen LogP contribution in [0.3, 0.4) is 0 Å². The lowest BCUT2D eigenvalue weighted by atomic mass is 10.1. The Kier molecular flexibility index (Phi) is 3.54. The average molecular weight is 296 g/mol. The Hall–Kier alpha value is -1.27. The molecule has 90 valence electrons. The van der Waals surface area contributed by atoms with Crippen LogP contribution in [0, 0.1) is 6.92 Å². The Morgan fingerprint density at radius 1 is 1.47 bits per heavy atom. The molecule has 0 bridgehead atoms. The molecule has 1 unspecified atom stereocenters. The van der Waals surface area contributed by atoms with Crippen LogP contribution in [-0.2, 0) is 13.5 Å². The molecule has 5 nitrogen and oxygen atoms in total. The summed E-state index contributed by atoms with van der Waals surface area (Å²) in [7, 11) is 1.92.